The number of ether oxygens (including phenoxy) is 1. The Balaban J connectivity index is 0.00000162. The largest absolute Gasteiger partial charge is 0.372 e. The van der Waals surface area contributed by atoms with E-state index < -0.39 is 0 Å². The third-order valence-corrected chi connectivity index (χ3v) is 2.92. The Labute approximate surface area is 114 Å². The summed E-state index contributed by atoms with van der Waals surface area (Å²) in [6, 6.07) is 5.72. The van der Waals surface area contributed by atoms with Gasteiger partial charge in [-0.2, -0.15) is 0 Å². The molecule has 0 spiro atoms. The number of carbonyl (C=O) groups is 1. The molecule has 1 aliphatic rings. The molecule has 1 aliphatic heterocycles. The van der Waals surface area contributed by atoms with Crippen LogP contribution in [0.2, 0.25) is 0 Å². The molecule has 1 fully saturated rings. The summed E-state index contributed by atoms with van der Waals surface area (Å²) in [5, 5.41) is 3.38. The maximum absolute atomic E-state index is 11.7. The minimum atomic E-state index is -0.0543. The van der Waals surface area contributed by atoms with Gasteiger partial charge in [-0.15, -0.1) is 12.4 Å². The zero-order valence-corrected chi connectivity index (χ0v) is 11.1. The van der Waals surface area contributed by atoms with Crippen molar-refractivity contribution in [1.82, 2.24) is 10.3 Å². The average molecular weight is 271 g/mol. The number of aromatic nitrogens is 1. The third-order valence-electron chi connectivity index (χ3n) is 2.92. The zero-order chi connectivity index (χ0) is 11.9. The van der Waals surface area contributed by atoms with Crippen molar-refractivity contribution in [3.8, 4) is 0 Å². The van der Waals surface area contributed by atoms with Gasteiger partial charge in [0, 0.05) is 12.2 Å². The second-order valence-electron chi connectivity index (χ2n) is 4.30. The minimum absolute atomic E-state index is 0. The lowest BCUT2D eigenvalue weighted by atomic mass is 10.1. The van der Waals surface area contributed by atoms with Crippen molar-refractivity contribution in [1.29, 1.82) is 0 Å². The fourth-order valence-electron chi connectivity index (χ4n) is 1.96. The second kappa shape index (κ2) is 8.19. The molecule has 0 radical (unpaired) electrons. The van der Waals surface area contributed by atoms with Gasteiger partial charge >= 0.3 is 0 Å². The standard InChI is InChI=1S/C13H18N2O2.ClH/c16-13(12-6-2-4-8-15-12)10-17-9-11-5-1-3-7-14-11;/h2,4,6,8,11,14H,1,3,5,7,9-10H2;1H. The molecule has 0 saturated carbocycles. The Hall–Kier alpha value is -0.970. The molecule has 1 aromatic heterocycles. The fourth-order valence-corrected chi connectivity index (χ4v) is 1.96. The van der Waals surface area contributed by atoms with Crippen molar-refractivity contribution in [3.05, 3.63) is 30.1 Å². The number of halogens is 1. The van der Waals surface area contributed by atoms with Crippen LogP contribution in [0.5, 0.6) is 0 Å². The number of piperidine rings is 1. The Bertz CT molecular complexity index is 353. The quantitative estimate of drug-likeness (QED) is 0.830. The van der Waals surface area contributed by atoms with Gasteiger partial charge in [-0.05, 0) is 31.5 Å². The number of nitrogens with one attached hydrogen (secondary N) is 1. The van der Waals surface area contributed by atoms with Crippen LogP contribution in [0.3, 0.4) is 0 Å². The van der Waals surface area contributed by atoms with E-state index in [1.807, 2.05) is 6.07 Å². The molecule has 1 N–H and O–H groups in total. The van der Waals surface area contributed by atoms with Crippen LogP contribution >= 0.6 is 12.4 Å². The van der Waals surface area contributed by atoms with Crippen molar-refractivity contribution in [2.24, 2.45) is 0 Å². The van der Waals surface area contributed by atoms with Crippen LogP contribution in [-0.2, 0) is 4.74 Å². The monoisotopic (exact) mass is 270 g/mol. The van der Waals surface area contributed by atoms with E-state index in [-0.39, 0.29) is 24.8 Å². The van der Waals surface area contributed by atoms with Crippen LogP contribution in [0.25, 0.3) is 0 Å². The highest BCUT2D eigenvalue weighted by molar-refractivity contribution is 5.95. The molecule has 5 heteroatoms. The summed E-state index contributed by atoms with van der Waals surface area (Å²) in [5.74, 6) is -0.0543. The van der Waals surface area contributed by atoms with Gasteiger partial charge in [-0.1, -0.05) is 12.5 Å². The lowest BCUT2D eigenvalue weighted by molar-refractivity contribution is 0.0687. The molecule has 2 rings (SSSR count). The summed E-state index contributed by atoms with van der Waals surface area (Å²) in [6.07, 6.45) is 5.24. The normalized spacial score (nSPS) is 19.0. The van der Waals surface area contributed by atoms with Gasteiger partial charge in [-0.3, -0.25) is 9.78 Å². The predicted octanol–water partition coefficient (Wildman–Crippen LogP) is 1.84. The number of Topliss-reactive ketones (excluding diaryl/α,β-unsaturated/α-hetero) is 1. The van der Waals surface area contributed by atoms with Crippen molar-refractivity contribution in [2.45, 2.75) is 25.3 Å². The molecule has 1 aromatic rings. The fraction of sp³-hybridized carbons (Fsp3) is 0.538. The molecule has 100 valence electrons. The van der Waals surface area contributed by atoms with Crippen molar-refractivity contribution in [3.63, 3.8) is 0 Å². The Morgan fingerprint density at radius 3 is 3.00 bits per heavy atom. The summed E-state index contributed by atoms with van der Waals surface area (Å²) in [5.41, 5.74) is 0.476. The van der Waals surface area contributed by atoms with E-state index in [2.05, 4.69) is 10.3 Å². The van der Waals surface area contributed by atoms with Crippen molar-refractivity contribution >= 4 is 18.2 Å². The van der Waals surface area contributed by atoms with Crippen LogP contribution in [0.4, 0.5) is 0 Å². The lowest BCUT2D eigenvalue weighted by Crippen LogP contribution is -2.38. The van der Waals surface area contributed by atoms with Crippen LogP contribution in [0, 0.1) is 0 Å². The smallest absolute Gasteiger partial charge is 0.206 e. The number of pyridine rings is 1. The first-order valence-electron chi connectivity index (χ1n) is 6.11. The first kappa shape index (κ1) is 15.1. The first-order chi connectivity index (χ1) is 8.36. The molecule has 0 aromatic carbocycles. The van der Waals surface area contributed by atoms with E-state index in [1.54, 1.807) is 18.3 Å². The maximum atomic E-state index is 11.7. The molecule has 18 heavy (non-hydrogen) atoms. The first-order valence-corrected chi connectivity index (χ1v) is 6.11. The van der Waals surface area contributed by atoms with Crippen LogP contribution in [0.15, 0.2) is 24.4 Å². The molecular weight excluding hydrogens is 252 g/mol. The highest BCUT2D eigenvalue weighted by Gasteiger charge is 2.13. The number of carbonyl (C=O) groups excluding carboxylic acids is 1. The van der Waals surface area contributed by atoms with E-state index in [0.717, 1.165) is 13.0 Å². The summed E-state index contributed by atoms with van der Waals surface area (Å²) in [7, 11) is 0. The molecule has 4 nitrogen and oxygen atoms in total. The third kappa shape index (κ3) is 4.72. The van der Waals surface area contributed by atoms with Gasteiger partial charge in [0.2, 0.25) is 5.78 Å². The van der Waals surface area contributed by atoms with E-state index in [4.69, 9.17) is 4.74 Å². The van der Waals surface area contributed by atoms with Gasteiger partial charge in [0.25, 0.3) is 0 Å². The number of hydrogen-bond acceptors (Lipinski definition) is 4. The van der Waals surface area contributed by atoms with Crippen LogP contribution in [0.1, 0.15) is 29.8 Å². The number of hydrogen-bond donors (Lipinski definition) is 1. The summed E-state index contributed by atoms with van der Waals surface area (Å²) >= 11 is 0. The minimum Gasteiger partial charge on any atom is -0.372 e. The highest BCUT2D eigenvalue weighted by atomic mass is 35.5. The Morgan fingerprint density at radius 1 is 1.44 bits per heavy atom. The van der Waals surface area contributed by atoms with Gasteiger partial charge in [-0.25, -0.2) is 0 Å². The number of nitrogens with zero attached hydrogens (tertiary/aromatic N) is 1. The van der Waals surface area contributed by atoms with Gasteiger partial charge < -0.3 is 10.1 Å². The summed E-state index contributed by atoms with van der Waals surface area (Å²) < 4.78 is 5.44. The van der Waals surface area contributed by atoms with E-state index in [1.165, 1.54) is 12.8 Å². The van der Waals surface area contributed by atoms with Crippen molar-refractivity contribution in [2.75, 3.05) is 19.8 Å². The molecule has 0 bridgehead atoms. The topological polar surface area (TPSA) is 51.2 Å². The van der Waals surface area contributed by atoms with E-state index in [9.17, 15) is 4.79 Å². The molecule has 2 heterocycles. The number of ketones is 1. The molecule has 1 unspecified atom stereocenters. The predicted molar refractivity (Wildman–Crippen MR) is 72.3 cm³/mol. The van der Waals surface area contributed by atoms with Gasteiger partial charge in [0.05, 0.1) is 6.61 Å². The van der Waals surface area contributed by atoms with E-state index in [0.29, 0.717) is 18.3 Å². The second-order valence-corrected chi connectivity index (χ2v) is 4.30. The highest BCUT2D eigenvalue weighted by Crippen LogP contribution is 2.07. The number of rotatable bonds is 5. The SMILES string of the molecule is Cl.O=C(COCC1CCCCN1)c1ccccn1. The molecule has 0 amide bonds. The van der Waals surface area contributed by atoms with Gasteiger partial charge in [0.1, 0.15) is 12.3 Å². The van der Waals surface area contributed by atoms with Crippen LogP contribution < -0.4 is 5.32 Å². The van der Waals surface area contributed by atoms with Gasteiger partial charge in [0.15, 0.2) is 0 Å². The Morgan fingerprint density at radius 2 is 2.33 bits per heavy atom. The Kier molecular flexibility index (Phi) is 6.86. The lowest BCUT2D eigenvalue weighted by Gasteiger charge is -2.22. The zero-order valence-electron chi connectivity index (χ0n) is 10.3. The van der Waals surface area contributed by atoms with Crippen LogP contribution in [-0.4, -0.2) is 36.6 Å². The molecular formula is C13H19ClN2O2. The average Bonchev–Trinajstić information content (AvgIpc) is 2.41. The maximum Gasteiger partial charge on any atom is 0.206 e. The molecule has 0 aliphatic carbocycles. The molecule has 1 atom stereocenters. The van der Waals surface area contributed by atoms with Crippen molar-refractivity contribution < 1.29 is 9.53 Å². The summed E-state index contributed by atoms with van der Waals surface area (Å²) in [6.45, 7) is 1.79. The summed E-state index contributed by atoms with van der Waals surface area (Å²) in [4.78, 5) is 15.7. The molecule has 1 saturated heterocycles. The van der Waals surface area contributed by atoms with E-state index >= 15 is 0 Å².